The van der Waals surface area contributed by atoms with Crippen molar-refractivity contribution in [3.63, 3.8) is 0 Å². The molecule has 14 heavy (non-hydrogen) atoms. The Hall–Kier alpha value is -0.890. The molecule has 0 aliphatic heterocycles. The van der Waals surface area contributed by atoms with Gasteiger partial charge in [0.2, 0.25) is 0 Å². The summed E-state index contributed by atoms with van der Waals surface area (Å²) in [4.78, 5) is 14.5. The molecule has 0 fully saturated rings. The molecule has 0 atom stereocenters. The summed E-state index contributed by atoms with van der Waals surface area (Å²) in [5, 5.41) is 0. The fourth-order valence-corrected chi connectivity index (χ4v) is 3.24. The molecule has 0 radical (unpaired) electrons. The van der Waals surface area contributed by atoms with Crippen molar-refractivity contribution >= 4 is 17.1 Å². The second-order valence-corrected chi connectivity index (χ2v) is 5.14. The molecular weight excluding hydrogens is 192 g/mol. The Morgan fingerprint density at radius 1 is 1.21 bits per heavy atom. The van der Waals surface area contributed by atoms with Crippen molar-refractivity contribution < 1.29 is 4.79 Å². The highest BCUT2D eigenvalue weighted by Gasteiger charge is 2.26. The van der Waals surface area contributed by atoms with Crippen molar-refractivity contribution in [3.8, 4) is 0 Å². The van der Waals surface area contributed by atoms with Gasteiger partial charge in [-0.1, -0.05) is 6.08 Å². The molecule has 0 aromatic carbocycles. The number of carbonyl (C=O) groups excluding carboxylic acids is 1. The SMILES string of the molecule is C/C=C1\CCc2c(C)sc(C)c2C1=O. The Kier molecular flexibility index (Phi) is 2.31. The number of ketones is 1. The van der Waals surface area contributed by atoms with Crippen LogP contribution in [0.3, 0.4) is 0 Å². The van der Waals surface area contributed by atoms with Gasteiger partial charge in [-0.25, -0.2) is 0 Å². The molecule has 0 bridgehead atoms. The molecule has 1 aliphatic carbocycles. The van der Waals surface area contributed by atoms with Crippen molar-refractivity contribution in [3.05, 3.63) is 32.5 Å². The van der Waals surface area contributed by atoms with E-state index in [0.717, 1.165) is 24.0 Å². The van der Waals surface area contributed by atoms with Gasteiger partial charge in [0.1, 0.15) is 0 Å². The third kappa shape index (κ3) is 1.25. The standard InChI is InChI=1S/C12H14OS/c1-4-9-5-6-10-7(2)14-8(3)11(10)12(9)13/h4H,5-6H2,1-3H3/b9-4+. The number of allylic oxidation sites excluding steroid dienone is 2. The molecule has 1 aromatic rings. The van der Waals surface area contributed by atoms with Crippen LogP contribution < -0.4 is 0 Å². The maximum absolute atomic E-state index is 12.0. The van der Waals surface area contributed by atoms with Crippen LogP contribution in [0.2, 0.25) is 0 Å². The van der Waals surface area contributed by atoms with Gasteiger partial charge in [-0.05, 0) is 44.7 Å². The topological polar surface area (TPSA) is 17.1 Å². The van der Waals surface area contributed by atoms with E-state index in [9.17, 15) is 4.79 Å². The van der Waals surface area contributed by atoms with Gasteiger partial charge in [0.25, 0.3) is 0 Å². The highest BCUT2D eigenvalue weighted by atomic mass is 32.1. The number of hydrogen-bond acceptors (Lipinski definition) is 2. The fraction of sp³-hybridized carbons (Fsp3) is 0.417. The number of hydrogen-bond donors (Lipinski definition) is 0. The third-order valence-electron chi connectivity index (χ3n) is 2.90. The lowest BCUT2D eigenvalue weighted by Crippen LogP contribution is -2.13. The maximum Gasteiger partial charge on any atom is 0.190 e. The molecule has 2 heteroatoms. The van der Waals surface area contributed by atoms with Crippen LogP contribution in [0, 0.1) is 13.8 Å². The molecule has 0 saturated heterocycles. The third-order valence-corrected chi connectivity index (χ3v) is 3.96. The predicted molar refractivity (Wildman–Crippen MR) is 60.2 cm³/mol. The summed E-state index contributed by atoms with van der Waals surface area (Å²) < 4.78 is 0. The first kappa shape index (κ1) is 9.66. The number of fused-ring (bicyclic) bond motifs is 1. The fourth-order valence-electron chi connectivity index (χ4n) is 2.14. The van der Waals surface area contributed by atoms with Crippen LogP contribution in [0.4, 0.5) is 0 Å². The number of Topliss-reactive ketones (excluding diaryl/α,β-unsaturated/α-hetero) is 1. The lowest BCUT2D eigenvalue weighted by Gasteiger charge is -2.15. The van der Waals surface area contributed by atoms with Gasteiger partial charge >= 0.3 is 0 Å². The Bertz CT molecular complexity index is 424. The predicted octanol–water partition coefficient (Wildman–Crippen LogP) is 3.44. The molecule has 1 nitrogen and oxygen atoms in total. The molecular formula is C12H14OS. The van der Waals surface area contributed by atoms with Crippen LogP contribution in [0.5, 0.6) is 0 Å². The summed E-state index contributed by atoms with van der Waals surface area (Å²) in [7, 11) is 0. The molecule has 0 N–H and O–H groups in total. The summed E-state index contributed by atoms with van der Waals surface area (Å²) in [6, 6.07) is 0. The van der Waals surface area contributed by atoms with E-state index in [1.54, 1.807) is 11.3 Å². The number of carbonyl (C=O) groups is 1. The highest BCUT2D eigenvalue weighted by molar-refractivity contribution is 7.12. The number of rotatable bonds is 0. The van der Waals surface area contributed by atoms with E-state index in [2.05, 4.69) is 6.92 Å². The average molecular weight is 206 g/mol. The summed E-state index contributed by atoms with van der Waals surface area (Å²) >= 11 is 1.75. The van der Waals surface area contributed by atoms with E-state index in [0.29, 0.717) is 0 Å². The van der Waals surface area contributed by atoms with Crippen LogP contribution in [-0.2, 0) is 6.42 Å². The monoisotopic (exact) mass is 206 g/mol. The lowest BCUT2D eigenvalue weighted by atomic mass is 9.87. The molecule has 1 aromatic heterocycles. The van der Waals surface area contributed by atoms with Crippen molar-refractivity contribution in [2.75, 3.05) is 0 Å². The zero-order valence-corrected chi connectivity index (χ0v) is 9.62. The number of aryl methyl sites for hydroxylation is 2. The first-order valence-corrected chi connectivity index (χ1v) is 5.75. The molecule has 1 aliphatic rings. The van der Waals surface area contributed by atoms with E-state index in [-0.39, 0.29) is 5.78 Å². The van der Waals surface area contributed by atoms with Crippen LogP contribution in [0.15, 0.2) is 11.6 Å². The van der Waals surface area contributed by atoms with Gasteiger partial charge in [-0.15, -0.1) is 11.3 Å². The largest absolute Gasteiger partial charge is 0.289 e. The molecule has 2 rings (SSSR count). The molecule has 0 spiro atoms. The van der Waals surface area contributed by atoms with Gasteiger partial charge in [-0.2, -0.15) is 0 Å². The van der Waals surface area contributed by atoms with Crippen molar-refractivity contribution in [2.45, 2.75) is 33.6 Å². The van der Waals surface area contributed by atoms with E-state index < -0.39 is 0 Å². The first-order valence-electron chi connectivity index (χ1n) is 4.94. The van der Waals surface area contributed by atoms with Crippen molar-refractivity contribution in [1.82, 2.24) is 0 Å². The van der Waals surface area contributed by atoms with Crippen molar-refractivity contribution in [1.29, 1.82) is 0 Å². The quantitative estimate of drug-likeness (QED) is 0.594. The van der Waals surface area contributed by atoms with E-state index in [1.165, 1.54) is 15.3 Å². The Morgan fingerprint density at radius 2 is 1.93 bits per heavy atom. The van der Waals surface area contributed by atoms with Gasteiger partial charge in [0.05, 0.1) is 0 Å². The lowest BCUT2D eigenvalue weighted by molar-refractivity contribution is 0.102. The van der Waals surface area contributed by atoms with E-state index >= 15 is 0 Å². The van der Waals surface area contributed by atoms with Gasteiger partial charge in [-0.3, -0.25) is 4.79 Å². The minimum atomic E-state index is 0.260. The van der Waals surface area contributed by atoms with Crippen molar-refractivity contribution in [2.24, 2.45) is 0 Å². The zero-order valence-electron chi connectivity index (χ0n) is 8.81. The minimum Gasteiger partial charge on any atom is -0.289 e. The Balaban J connectivity index is 2.60. The zero-order chi connectivity index (χ0) is 10.3. The Labute approximate surface area is 88.5 Å². The summed E-state index contributed by atoms with van der Waals surface area (Å²) in [6.45, 7) is 6.12. The summed E-state index contributed by atoms with van der Waals surface area (Å²) in [5.74, 6) is 0.260. The maximum atomic E-state index is 12.0. The minimum absolute atomic E-state index is 0.260. The average Bonchev–Trinajstić information content (AvgIpc) is 2.44. The first-order chi connectivity index (χ1) is 6.65. The molecule has 0 unspecified atom stereocenters. The second-order valence-electron chi connectivity index (χ2n) is 3.71. The smallest absolute Gasteiger partial charge is 0.190 e. The molecule has 0 saturated carbocycles. The highest BCUT2D eigenvalue weighted by Crippen LogP contribution is 2.35. The number of thiophene rings is 1. The van der Waals surface area contributed by atoms with Crippen LogP contribution >= 0.6 is 11.3 Å². The Morgan fingerprint density at radius 3 is 2.57 bits per heavy atom. The van der Waals surface area contributed by atoms with E-state index in [1.807, 2.05) is 19.9 Å². The second kappa shape index (κ2) is 3.35. The molecule has 0 amide bonds. The summed E-state index contributed by atoms with van der Waals surface area (Å²) in [6.07, 6.45) is 3.91. The van der Waals surface area contributed by atoms with Crippen LogP contribution in [0.1, 0.15) is 39.0 Å². The van der Waals surface area contributed by atoms with Crippen LogP contribution in [-0.4, -0.2) is 5.78 Å². The van der Waals surface area contributed by atoms with Gasteiger partial charge in [0.15, 0.2) is 5.78 Å². The van der Waals surface area contributed by atoms with Gasteiger partial charge in [0, 0.05) is 15.3 Å². The molecule has 1 heterocycles. The van der Waals surface area contributed by atoms with E-state index in [4.69, 9.17) is 0 Å². The van der Waals surface area contributed by atoms with Gasteiger partial charge < -0.3 is 0 Å². The van der Waals surface area contributed by atoms with Crippen LogP contribution in [0.25, 0.3) is 0 Å². The molecule has 74 valence electrons. The summed E-state index contributed by atoms with van der Waals surface area (Å²) in [5.41, 5.74) is 3.27. The normalized spacial score (nSPS) is 18.8.